The van der Waals surface area contributed by atoms with Gasteiger partial charge in [-0.05, 0) is 19.4 Å². The van der Waals surface area contributed by atoms with Crippen molar-refractivity contribution >= 4 is 22.7 Å². The number of rotatable bonds is 7. The van der Waals surface area contributed by atoms with Gasteiger partial charge in [0.05, 0.1) is 39.3 Å². The van der Waals surface area contributed by atoms with Crippen LogP contribution in [0.2, 0.25) is 0 Å². The monoisotopic (exact) mass is 389 g/mol. The van der Waals surface area contributed by atoms with Crippen LogP contribution in [-0.4, -0.2) is 61.2 Å². The van der Waals surface area contributed by atoms with Crippen molar-refractivity contribution in [1.82, 2.24) is 20.0 Å². The number of aromatic nitrogens is 2. The summed E-state index contributed by atoms with van der Waals surface area (Å²) < 4.78 is 4.54. The SMILES string of the molecule is CCNC(=O)NCC[NH+]1CCN(c2nc(Cc3ccc(C)cc3)ns2)CC1. The number of carbonyl (C=O) groups is 1. The van der Waals surface area contributed by atoms with Gasteiger partial charge in [0, 0.05) is 24.5 Å². The van der Waals surface area contributed by atoms with Crippen LogP contribution in [0.5, 0.6) is 0 Å². The smallest absolute Gasteiger partial charge is 0.314 e. The number of hydrogen-bond donors (Lipinski definition) is 3. The zero-order valence-corrected chi connectivity index (χ0v) is 16.9. The second kappa shape index (κ2) is 9.66. The maximum absolute atomic E-state index is 11.4. The van der Waals surface area contributed by atoms with Gasteiger partial charge in [-0.1, -0.05) is 29.8 Å². The first-order valence-electron chi connectivity index (χ1n) is 9.62. The lowest BCUT2D eigenvalue weighted by Crippen LogP contribution is -3.15. The number of anilines is 1. The molecule has 8 heteroatoms. The molecule has 0 radical (unpaired) electrons. The highest BCUT2D eigenvalue weighted by molar-refractivity contribution is 7.09. The number of hydrogen-bond acceptors (Lipinski definition) is 5. The quantitative estimate of drug-likeness (QED) is 0.643. The van der Waals surface area contributed by atoms with E-state index in [0.717, 1.165) is 50.1 Å². The van der Waals surface area contributed by atoms with Gasteiger partial charge in [-0.25, -0.2) is 9.78 Å². The summed E-state index contributed by atoms with van der Waals surface area (Å²) in [5, 5.41) is 6.68. The Hall–Kier alpha value is -2.19. The summed E-state index contributed by atoms with van der Waals surface area (Å²) in [6.07, 6.45) is 0.785. The molecule has 0 spiro atoms. The summed E-state index contributed by atoms with van der Waals surface area (Å²) in [4.78, 5) is 20.0. The average molecular weight is 390 g/mol. The van der Waals surface area contributed by atoms with Crippen LogP contribution < -0.4 is 20.4 Å². The van der Waals surface area contributed by atoms with Crippen LogP contribution in [0.4, 0.5) is 9.93 Å². The van der Waals surface area contributed by atoms with E-state index in [-0.39, 0.29) is 6.03 Å². The van der Waals surface area contributed by atoms with Gasteiger partial charge in [0.1, 0.15) is 5.82 Å². The van der Waals surface area contributed by atoms with Crippen molar-refractivity contribution < 1.29 is 9.69 Å². The molecule has 146 valence electrons. The van der Waals surface area contributed by atoms with Crippen LogP contribution in [0.25, 0.3) is 0 Å². The minimum atomic E-state index is -0.0782. The minimum absolute atomic E-state index is 0.0782. The number of carbonyl (C=O) groups excluding carboxylic acids is 1. The Labute approximate surface area is 164 Å². The molecule has 0 bridgehead atoms. The lowest BCUT2D eigenvalue weighted by Gasteiger charge is -2.31. The van der Waals surface area contributed by atoms with Gasteiger partial charge in [0.15, 0.2) is 0 Å². The molecule has 0 saturated carbocycles. The van der Waals surface area contributed by atoms with Crippen molar-refractivity contribution in [3.8, 4) is 0 Å². The number of piperazine rings is 1. The zero-order valence-electron chi connectivity index (χ0n) is 16.1. The third-order valence-electron chi connectivity index (χ3n) is 4.78. The van der Waals surface area contributed by atoms with E-state index in [1.807, 2.05) is 6.92 Å². The fourth-order valence-electron chi connectivity index (χ4n) is 3.17. The normalized spacial score (nSPS) is 15.0. The van der Waals surface area contributed by atoms with E-state index in [1.54, 1.807) is 0 Å². The Kier molecular flexibility index (Phi) is 7.00. The van der Waals surface area contributed by atoms with Crippen LogP contribution in [0.15, 0.2) is 24.3 Å². The Bertz CT molecular complexity index is 724. The van der Waals surface area contributed by atoms with Crippen LogP contribution in [-0.2, 0) is 6.42 Å². The van der Waals surface area contributed by atoms with Crippen molar-refractivity contribution in [1.29, 1.82) is 0 Å². The largest absolute Gasteiger partial charge is 0.338 e. The summed E-state index contributed by atoms with van der Waals surface area (Å²) in [6, 6.07) is 8.47. The maximum Gasteiger partial charge on any atom is 0.314 e. The number of benzene rings is 1. The number of amides is 2. The molecule has 27 heavy (non-hydrogen) atoms. The summed E-state index contributed by atoms with van der Waals surface area (Å²) in [5.74, 6) is 0.903. The molecule has 1 aliphatic heterocycles. The molecule has 1 fully saturated rings. The van der Waals surface area contributed by atoms with E-state index in [1.165, 1.54) is 27.6 Å². The number of urea groups is 1. The number of nitrogens with zero attached hydrogens (tertiary/aromatic N) is 3. The number of quaternary nitrogens is 1. The third kappa shape index (κ3) is 5.90. The van der Waals surface area contributed by atoms with Crippen molar-refractivity contribution in [2.45, 2.75) is 20.3 Å². The van der Waals surface area contributed by atoms with Gasteiger partial charge in [0.25, 0.3) is 0 Å². The van der Waals surface area contributed by atoms with Crippen LogP contribution in [0.1, 0.15) is 23.9 Å². The highest BCUT2D eigenvalue weighted by atomic mass is 32.1. The predicted molar refractivity (Wildman–Crippen MR) is 109 cm³/mol. The molecule has 1 aliphatic rings. The Morgan fingerprint density at radius 3 is 2.67 bits per heavy atom. The molecule has 0 unspecified atom stereocenters. The standard InChI is InChI=1S/C19H28N6OS/c1-3-20-18(26)21-8-9-24-10-12-25(13-11-24)19-22-17(23-27-19)14-16-6-4-15(2)5-7-16/h4-7H,3,8-14H2,1-2H3,(H2,20,21,26)/p+1. The van der Waals surface area contributed by atoms with Crippen molar-refractivity contribution in [3.63, 3.8) is 0 Å². The molecule has 0 atom stereocenters. The van der Waals surface area contributed by atoms with E-state index in [0.29, 0.717) is 13.1 Å². The molecule has 2 heterocycles. The molecular formula is C19H29N6OS+. The van der Waals surface area contributed by atoms with Crippen LogP contribution in [0.3, 0.4) is 0 Å². The molecule has 2 aromatic rings. The molecule has 7 nitrogen and oxygen atoms in total. The van der Waals surface area contributed by atoms with E-state index in [2.05, 4.69) is 51.1 Å². The van der Waals surface area contributed by atoms with Crippen molar-refractivity contribution in [3.05, 3.63) is 41.2 Å². The number of aryl methyl sites for hydroxylation is 1. The van der Waals surface area contributed by atoms with E-state index < -0.39 is 0 Å². The van der Waals surface area contributed by atoms with Gasteiger partial charge < -0.3 is 20.4 Å². The topological polar surface area (TPSA) is 74.6 Å². The summed E-state index contributed by atoms with van der Waals surface area (Å²) in [7, 11) is 0. The molecule has 2 amide bonds. The van der Waals surface area contributed by atoms with Gasteiger partial charge in [-0.15, -0.1) is 0 Å². The first kappa shape index (κ1) is 19.6. The van der Waals surface area contributed by atoms with Gasteiger partial charge in [0.2, 0.25) is 5.13 Å². The maximum atomic E-state index is 11.4. The van der Waals surface area contributed by atoms with E-state index in [4.69, 9.17) is 4.98 Å². The highest BCUT2D eigenvalue weighted by Crippen LogP contribution is 2.19. The summed E-state index contributed by atoms with van der Waals surface area (Å²) in [6.45, 7) is 10.4. The van der Waals surface area contributed by atoms with Gasteiger partial charge in [-0.3, -0.25) is 0 Å². The second-order valence-corrected chi connectivity index (χ2v) is 7.66. The Morgan fingerprint density at radius 2 is 1.96 bits per heavy atom. The van der Waals surface area contributed by atoms with Crippen molar-refractivity contribution in [2.75, 3.05) is 50.7 Å². The predicted octanol–water partition coefficient (Wildman–Crippen LogP) is 0.461. The molecule has 3 rings (SSSR count). The molecule has 0 aliphatic carbocycles. The first-order valence-corrected chi connectivity index (χ1v) is 10.4. The molecular weight excluding hydrogens is 360 g/mol. The second-order valence-electron chi connectivity index (χ2n) is 6.93. The highest BCUT2D eigenvalue weighted by Gasteiger charge is 2.22. The lowest BCUT2D eigenvalue weighted by molar-refractivity contribution is -0.899. The molecule has 1 aromatic carbocycles. The van der Waals surface area contributed by atoms with E-state index in [9.17, 15) is 4.79 Å². The average Bonchev–Trinajstić information content (AvgIpc) is 3.13. The molecule has 1 saturated heterocycles. The van der Waals surface area contributed by atoms with Crippen molar-refractivity contribution in [2.24, 2.45) is 0 Å². The lowest BCUT2D eigenvalue weighted by atomic mass is 10.1. The Morgan fingerprint density at radius 1 is 1.22 bits per heavy atom. The van der Waals surface area contributed by atoms with Crippen LogP contribution >= 0.6 is 11.5 Å². The molecule has 3 N–H and O–H groups in total. The summed E-state index contributed by atoms with van der Waals surface area (Å²) >= 11 is 1.50. The summed E-state index contributed by atoms with van der Waals surface area (Å²) in [5.41, 5.74) is 2.52. The third-order valence-corrected chi connectivity index (χ3v) is 5.60. The fourth-order valence-corrected chi connectivity index (χ4v) is 3.91. The minimum Gasteiger partial charge on any atom is -0.338 e. The fraction of sp³-hybridized carbons (Fsp3) is 0.526. The van der Waals surface area contributed by atoms with Gasteiger partial charge in [-0.2, -0.15) is 4.37 Å². The zero-order chi connectivity index (χ0) is 19.1. The van der Waals surface area contributed by atoms with Crippen LogP contribution in [0, 0.1) is 6.92 Å². The van der Waals surface area contributed by atoms with Gasteiger partial charge >= 0.3 is 6.03 Å². The number of nitrogens with one attached hydrogen (secondary N) is 3. The Balaban J connectivity index is 1.42. The molecule has 1 aromatic heterocycles. The van der Waals surface area contributed by atoms with E-state index >= 15 is 0 Å². The first-order chi connectivity index (χ1) is 13.1.